The van der Waals surface area contributed by atoms with Gasteiger partial charge in [0.05, 0.1) is 36.5 Å². The standard InChI is InChI=1S/C20H38N2O7/c1-19(2,3)29-18-13(22)16(25)15(24)11(28-18)8-26-17-12(21)14(23)9-6-20(4,5)7-10(9)27-17/h9-18,23-25H,6-8,21-22H2,1-5H3. The molecule has 0 aromatic rings. The molecular formula is C20H38N2O7. The number of aliphatic hydroxyl groups excluding tert-OH is 3. The number of fused-ring (bicyclic) bond motifs is 1. The smallest absolute Gasteiger partial charge is 0.176 e. The van der Waals surface area contributed by atoms with E-state index in [2.05, 4.69) is 13.8 Å². The highest BCUT2D eigenvalue weighted by atomic mass is 16.7. The maximum atomic E-state index is 10.6. The number of rotatable bonds is 4. The third-order valence-electron chi connectivity index (χ3n) is 6.12. The predicted octanol–water partition coefficient (Wildman–Crippen LogP) is -0.559. The SMILES string of the molecule is CC1(C)CC2OC(OCC3OC(OC(C)(C)C)C(N)C(O)C3O)C(N)C(O)C2C1. The molecule has 9 nitrogen and oxygen atoms in total. The molecule has 0 amide bonds. The summed E-state index contributed by atoms with van der Waals surface area (Å²) in [6.07, 6.45) is -4.25. The molecule has 0 aromatic heterocycles. The van der Waals surface area contributed by atoms with Gasteiger partial charge in [0.2, 0.25) is 0 Å². The molecule has 2 heterocycles. The second kappa shape index (κ2) is 8.29. The van der Waals surface area contributed by atoms with Crippen LogP contribution in [-0.4, -0.2) is 82.7 Å². The van der Waals surface area contributed by atoms with Crippen molar-refractivity contribution in [1.82, 2.24) is 0 Å². The van der Waals surface area contributed by atoms with Crippen molar-refractivity contribution >= 4 is 0 Å². The fourth-order valence-corrected chi connectivity index (χ4v) is 4.63. The highest BCUT2D eigenvalue weighted by Crippen LogP contribution is 2.47. The summed E-state index contributed by atoms with van der Waals surface area (Å²) in [6.45, 7) is 9.76. The van der Waals surface area contributed by atoms with Gasteiger partial charge in [-0.15, -0.1) is 0 Å². The molecule has 3 fully saturated rings. The number of hydrogen-bond acceptors (Lipinski definition) is 9. The minimum atomic E-state index is -1.24. The molecule has 9 heteroatoms. The van der Waals surface area contributed by atoms with Crippen molar-refractivity contribution < 1.29 is 34.3 Å². The van der Waals surface area contributed by atoms with Gasteiger partial charge in [-0.25, -0.2) is 0 Å². The first kappa shape index (κ1) is 23.3. The molecule has 10 unspecified atom stereocenters. The zero-order valence-electron chi connectivity index (χ0n) is 18.0. The third-order valence-corrected chi connectivity index (χ3v) is 6.12. The zero-order chi connectivity index (χ0) is 21.7. The van der Waals surface area contributed by atoms with Gasteiger partial charge in [-0.1, -0.05) is 13.8 Å². The van der Waals surface area contributed by atoms with Crippen LogP contribution in [0.1, 0.15) is 47.5 Å². The van der Waals surface area contributed by atoms with Crippen molar-refractivity contribution in [3.8, 4) is 0 Å². The minimum Gasteiger partial charge on any atom is -0.391 e. The summed E-state index contributed by atoms with van der Waals surface area (Å²) in [6, 6.07) is -1.60. The fraction of sp³-hybridized carbons (Fsp3) is 1.00. The van der Waals surface area contributed by atoms with E-state index in [4.69, 9.17) is 30.4 Å². The molecule has 7 N–H and O–H groups in total. The third kappa shape index (κ3) is 5.11. The van der Waals surface area contributed by atoms with Gasteiger partial charge in [0.15, 0.2) is 12.6 Å². The maximum absolute atomic E-state index is 10.6. The number of nitrogens with two attached hydrogens (primary N) is 2. The average Bonchev–Trinajstić information content (AvgIpc) is 2.91. The van der Waals surface area contributed by atoms with E-state index in [9.17, 15) is 15.3 Å². The van der Waals surface area contributed by atoms with Gasteiger partial charge in [0, 0.05) is 5.92 Å². The molecule has 1 saturated carbocycles. The van der Waals surface area contributed by atoms with E-state index in [1.165, 1.54) is 0 Å². The van der Waals surface area contributed by atoms with Crippen LogP contribution in [0.15, 0.2) is 0 Å². The van der Waals surface area contributed by atoms with Gasteiger partial charge >= 0.3 is 0 Å². The van der Waals surface area contributed by atoms with Gasteiger partial charge in [0.1, 0.15) is 18.3 Å². The molecule has 2 saturated heterocycles. The van der Waals surface area contributed by atoms with E-state index in [1.807, 2.05) is 20.8 Å². The molecule has 3 rings (SSSR count). The van der Waals surface area contributed by atoms with Gasteiger partial charge in [-0.2, -0.15) is 0 Å². The Morgan fingerprint density at radius 2 is 1.55 bits per heavy atom. The van der Waals surface area contributed by atoms with Crippen LogP contribution >= 0.6 is 0 Å². The van der Waals surface area contributed by atoms with Crippen LogP contribution in [0.25, 0.3) is 0 Å². The van der Waals surface area contributed by atoms with Gasteiger partial charge in [-0.3, -0.25) is 0 Å². The second-order valence-corrected chi connectivity index (χ2v) is 10.5. The highest BCUT2D eigenvalue weighted by Gasteiger charge is 2.52. The summed E-state index contributed by atoms with van der Waals surface area (Å²) in [5.41, 5.74) is 11.7. The number of ether oxygens (including phenoxy) is 4. The lowest BCUT2D eigenvalue weighted by atomic mass is 9.86. The normalized spacial score (nSPS) is 47.8. The first-order valence-corrected chi connectivity index (χ1v) is 10.4. The zero-order valence-corrected chi connectivity index (χ0v) is 18.0. The Hall–Kier alpha value is -0.360. The maximum Gasteiger partial charge on any atom is 0.176 e. The number of aliphatic hydroxyl groups is 3. The molecule has 29 heavy (non-hydrogen) atoms. The Morgan fingerprint density at radius 1 is 0.931 bits per heavy atom. The van der Waals surface area contributed by atoms with E-state index in [0.29, 0.717) is 0 Å². The van der Waals surface area contributed by atoms with Crippen LogP contribution in [0.5, 0.6) is 0 Å². The average molecular weight is 419 g/mol. The van der Waals surface area contributed by atoms with Crippen molar-refractivity contribution in [2.45, 2.75) is 108 Å². The first-order valence-electron chi connectivity index (χ1n) is 10.4. The van der Waals surface area contributed by atoms with Crippen LogP contribution in [-0.2, 0) is 18.9 Å². The Kier molecular flexibility index (Phi) is 6.66. The van der Waals surface area contributed by atoms with Crippen LogP contribution in [0.3, 0.4) is 0 Å². The molecule has 0 spiro atoms. The number of hydrogen-bond donors (Lipinski definition) is 5. The monoisotopic (exact) mass is 418 g/mol. The molecule has 10 atom stereocenters. The summed E-state index contributed by atoms with van der Waals surface area (Å²) >= 11 is 0. The van der Waals surface area contributed by atoms with Crippen molar-refractivity contribution in [2.24, 2.45) is 22.8 Å². The minimum absolute atomic E-state index is 0.0132. The highest BCUT2D eigenvalue weighted by molar-refractivity contribution is 5.00. The van der Waals surface area contributed by atoms with Crippen LogP contribution in [0, 0.1) is 11.3 Å². The topological polar surface area (TPSA) is 150 Å². The molecule has 3 aliphatic rings. The molecule has 170 valence electrons. The van der Waals surface area contributed by atoms with Gasteiger partial charge in [0.25, 0.3) is 0 Å². The molecular weight excluding hydrogens is 380 g/mol. The van der Waals surface area contributed by atoms with Crippen molar-refractivity contribution in [1.29, 1.82) is 0 Å². The van der Waals surface area contributed by atoms with Crippen LogP contribution in [0.4, 0.5) is 0 Å². The Bertz CT molecular complexity index is 570. The van der Waals surface area contributed by atoms with E-state index in [1.54, 1.807) is 0 Å². The van der Waals surface area contributed by atoms with Crippen molar-refractivity contribution in [3.63, 3.8) is 0 Å². The largest absolute Gasteiger partial charge is 0.391 e. The second-order valence-electron chi connectivity index (χ2n) is 10.5. The van der Waals surface area contributed by atoms with E-state index in [0.717, 1.165) is 12.8 Å². The fourth-order valence-electron chi connectivity index (χ4n) is 4.63. The van der Waals surface area contributed by atoms with E-state index >= 15 is 0 Å². The van der Waals surface area contributed by atoms with Gasteiger partial charge < -0.3 is 45.7 Å². The van der Waals surface area contributed by atoms with E-state index < -0.39 is 54.7 Å². The Labute approximate surface area is 172 Å². The summed E-state index contributed by atoms with van der Waals surface area (Å²) < 4.78 is 23.4. The lowest BCUT2D eigenvalue weighted by Crippen LogP contribution is -2.64. The first-order chi connectivity index (χ1) is 13.3. The lowest BCUT2D eigenvalue weighted by molar-refractivity contribution is -0.306. The molecule has 0 radical (unpaired) electrons. The van der Waals surface area contributed by atoms with E-state index in [-0.39, 0.29) is 24.0 Å². The summed E-state index contributed by atoms with van der Waals surface area (Å²) in [7, 11) is 0. The predicted molar refractivity (Wildman–Crippen MR) is 105 cm³/mol. The lowest BCUT2D eigenvalue weighted by Gasteiger charge is -2.44. The van der Waals surface area contributed by atoms with Crippen molar-refractivity contribution in [2.75, 3.05) is 6.61 Å². The summed E-state index contributed by atoms with van der Waals surface area (Å²) in [4.78, 5) is 0. The van der Waals surface area contributed by atoms with Crippen LogP contribution < -0.4 is 11.5 Å². The summed E-state index contributed by atoms with van der Waals surface area (Å²) in [5.74, 6) is -0.0132. The Balaban J connectivity index is 1.62. The van der Waals surface area contributed by atoms with Crippen LogP contribution in [0.2, 0.25) is 0 Å². The Morgan fingerprint density at radius 3 is 2.17 bits per heavy atom. The molecule has 0 bridgehead atoms. The molecule has 2 aliphatic heterocycles. The molecule has 0 aromatic carbocycles. The van der Waals surface area contributed by atoms with Gasteiger partial charge in [-0.05, 0) is 39.0 Å². The molecule has 1 aliphatic carbocycles. The quantitative estimate of drug-likeness (QED) is 0.405. The van der Waals surface area contributed by atoms with Crippen molar-refractivity contribution in [3.05, 3.63) is 0 Å². The summed E-state index contributed by atoms with van der Waals surface area (Å²) in [5, 5.41) is 31.3.